The number of carbonyl (C=O) groups excluding carboxylic acids is 1. The Hall–Kier alpha value is -0.610. The monoisotopic (exact) mass is 216 g/mol. The third-order valence-corrected chi connectivity index (χ3v) is 2.65. The van der Waals surface area contributed by atoms with Crippen molar-refractivity contribution in [2.45, 2.75) is 44.8 Å². The van der Waals surface area contributed by atoms with Gasteiger partial charge >= 0.3 is 5.97 Å². The predicted octanol–water partition coefficient (Wildman–Crippen LogP) is 1.52. The summed E-state index contributed by atoms with van der Waals surface area (Å²) >= 11 is 0. The summed E-state index contributed by atoms with van der Waals surface area (Å²) in [6.07, 6.45) is 4.10. The first-order valence-electron chi connectivity index (χ1n) is 5.58. The molecule has 0 unspecified atom stereocenters. The summed E-state index contributed by atoms with van der Waals surface area (Å²) in [6, 6.07) is 0. The number of esters is 1. The minimum atomic E-state index is -0.286. The molecule has 0 radical (unpaired) electrons. The lowest BCUT2D eigenvalue weighted by molar-refractivity contribution is -0.164. The van der Waals surface area contributed by atoms with E-state index in [1.165, 1.54) is 0 Å². The summed E-state index contributed by atoms with van der Waals surface area (Å²) in [4.78, 5) is 11.3. The number of rotatable bonds is 5. The van der Waals surface area contributed by atoms with E-state index in [1.54, 1.807) is 7.11 Å². The van der Waals surface area contributed by atoms with E-state index in [2.05, 4.69) is 0 Å². The Morgan fingerprint density at radius 3 is 2.53 bits per heavy atom. The zero-order chi connectivity index (χ0) is 11.1. The first-order valence-corrected chi connectivity index (χ1v) is 5.58. The average molecular weight is 216 g/mol. The van der Waals surface area contributed by atoms with Crippen LogP contribution in [0.15, 0.2) is 0 Å². The number of methoxy groups -OCH3 is 1. The van der Waals surface area contributed by atoms with Crippen molar-refractivity contribution < 1.29 is 19.0 Å². The summed E-state index contributed by atoms with van der Waals surface area (Å²) in [7, 11) is 1.67. The SMILES string of the molecule is CCOCC(=O)O[C@H]1CCCC[C@H]1OC. The first-order chi connectivity index (χ1) is 7.27. The van der Waals surface area contributed by atoms with Crippen molar-refractivity contribution in [1.82, 2.24) is 0 Å². The van der Waals surface area contributed by atoms with Crippen LogP contribution < -0.4 is 0 Å². The van der Waals surface area contributed by atoms with E-state index < -0.39 is 0 Å². The van der Waals surface area contributed by atoms with Gasteiger partial charge in [0.1, 0.15) is 12.7 Å². The summed E-state index contributed by atoms with van der Waals surface area (Å²) in [5.74, 6) is -0.286. The van der Waals surface area contributed by atoms with Crippen LogP contribution in [0, 0.1) is 0 Å². The molecular formula is C11H20O4. The van der Waals surface area contributed by atoms with E-state index in [0.717, 1.165) is 25.7 Å². The van der Waals surface area contributed by atoms with E-state index in [0.29, 0.717) is 6.61 Å². The molecule has 0 N–H and O–H groups in total. The Balaban J connectivity index is 2.30. The lowest BCUT2D eigenvalue weighted by Gasteiger charge is -2.29. The lowest BCUT2D eigenvalue weighted by Crippen LogP contribution is -2.36. The molecule has 0 aliphatic heterocycles. The molecule has 0 spiro atoms. The first kappa shape index (κ1) is 12.5. The van der Waals surface area contributed by atoms with Gasteiger partial charge in [-0.15, -0.1) is 0 Å². The molecule has 0 amide bonds. The maximum absolute atomic E-state index is 11.3. The Kier molecular flexibility index (Phi) is 5.65. The van der Waals surface area contributed by atoms with Gasteiger partial charge in [-0.25, -0.2) is 4.79 Å². The van der Waals surface area contributed by atoms with Gasteiger partial charge in [0.05, 0.1) is 6.10 Å². The molecule has 1 aliphatic rings. The third-order valence-electron chi connectivity index (χ3n) is 2.65. The molecule has 1 fully saturated rings. The van der Waals surface area contributed by atoms with E-state index in [-0.39, 0.29) is 24.8 Å². The highest BCUT2D eigenvalue weighted by Gasteiger charge is 2.27. The molecule has 0 aromatic heterocycles. The van der Waals surface area contributed by atoms with Gasteiger partial charge in [-0.05, 0) is 26.2 Å². The van der Waals surface area contributed by atoms with Crippen molar-refractivity contribution in [2.75, 3.05) is 20.3 Å². The van der Waals surface area contributed by atoms with Crippen LogP contribution in [0.25, 0.3) is 0 Å². The number of ether oxygens (including phenoxy) is 3. The Morgan fingerprint density at radius 2 is 1.93 bits per heavy atom. The van der Waals surface area contributed by atoms with Gasteiger partial charge in [-0.3, -0.25) is 0 Å². The maximum atomic E-state index is 11.3. The zero-order valence-electron chi connectivity index (χ0n) is 9.53. The van der Waals surface area contributed by atoms with Crippen LogP contribution in [0.5, 0.6) is 0 Å². The smallest absolute Gasteiger partial charge is 0.332 e. The lowest BCUT2D eigenvalue weighted by atomic mass is 9.94. The van der Waals surface area contributed by atoms with Crippen molar-refractivity contribution in [3.63, 3.8) is 0 Å². The molecule has 0 aromatic carbocycles. The molecule has 88 valence electrons. The van der Waals surface area contributed by atoms with E-state index in [1.807, 2.05) is 6.92 Å². The van der Waals surface area contributed by atoms with Crippen molar-refractivity contribution in [3.8, 4) is 0 Å². The number of hydrogen-bond donors (Lipinski definition) is 0. The van der Waals surface area contributed by atoms with Crippen LogP contribution in [-0.4, -0.2) is 38.5 Å². The van der Waals surface area contributed by atoms with E-state index >= 15 is 0 Å². The molecule has 4 nitrogen and oxygen atoms in total. The van der Waals surface area contributed by atoms with Gasteiger partial charge in [0.2, 0.25) is 0 Å². The normalized spacial score (nSPS) is 26.3. The Labute approximate surface area is 90.9 Å². The standard InChI is InChI=1S/C11H20O4/c1-3-14-8-11(12)15-10-7-5-4-6-9(10)13-2/h9-10H,3-8H2,1-2H3/t9-,10+/m1/s1. The quantitative estimate of drug-likeness (QED) is 0.654. The van der Waals surface area contributed by atoms with Gasteiger partial charge < -0.3 is 14.2 Å². The fourth-order valence-electron chi connectivity index (χ4n) is 1.86. The molecule has 1 aliphatic carbocycles. The summed E-state index contributed by atoms with van der Waals surface area (Å²) in [6.45, 7) is 2.43. The topological polar surface area (TPSA) is 44.8 Å². The Morgan fingerprint density at radius 1 is 1.27 bits per heavy atom. The molecule has 2 atom stereocenters. The second-order valence-corrected chi connectivity index (χ2v) is 3.72. The van der Waals surface area contributed by atoms with Gasteiger partial charge in [0.15, 0.2) is 0 Å². The maximum Gasteiger partial charge on any atom is 0.332 e. The molecular weight excluding hydrogens is 196 g/mol. The highest BCUT2D eigenvalue weighted by molar-refractivity contribution is 5.70. The average Bonchev–Trinajstić information content (AvgIpc) is 2.27. The fourth-order valence-corrected chi connectivity index (χ4v) is 1.86. The van der Waals surface area contributed by atoms with Crippen LogP contribution in [0.2, 0.25) is 0 Å². The molecule has 4 heteroatoms. The summed E-state index contributed by atoms with van der Waals surface area (Å²) in [5.41, 5.74) is 0. The van der Waals surface area contributed by atoms with E-state index in [9.17, 15) is 4.79 Å². The third kappa shape index (κ3) is 4.18. The predicted molar refractivity (Wildman–Crippen MR) is 55.6 cm³/mol. The second-order valence-electron chi connectivity index (χ2n) is 3.72. The van der Waals surface area contributed by atoms with Crippen molar-refractivity contribution in [3.05, 3.63) is 0 Å². The van der Waals surface area contributed by atoms with Gasteiger partial charge in [0.25, 0.3) is 0 Å². The summed E-state index contributed by atoms with van der Waals surface area (Å²) < 4.78 is 15.6. The van der Waals surface area contributed by atoms with Crippen molar-refractivity contribution >= 4 is 5.97 Å². The van der Waals surface area contributed by atoms with Gasteiger partial charge in [0, 0.05) is 13.7 Å². The largest absolute Gasteiger partial charge is 0.458 e. The van der Waals surface area contributed by atoms with Gasteiger partial charge in [-0.1, -0.05) is 6.42 Å². The highest BCUT2D eigenvalue weighted by Crippen LogP contribution is 2.23. The summed E-state index contributed by atoms with van der Waals surface area (Å²) in [5, 5.41) is 0. The van der Waals surface area contributed by atoms with Crippen LogP contribution in [0.4, 0.5) is 0 Å². The number of hydrogen-bond acceptors (Lipinski definition) is 4. The zero-order valence-corrected chi connectivity index (χ0v) is 9.53. The Bertz CT molecular complexity index is 193. The fraction of sp³-hybridized carbons (Fsp3) is 0.909. The van der Waals surface area contributed by atoms with Crippen LogP contribution in [0.1, 0.15) is 32.6 Å². The van der Waals surface area contributed by atoms with Crippen molar-refractivity contribution in [2.24, 2.45) is 0 Å². The minimum absolute atomic E-state index is 0.0451. The molecule has 1 saturated carbocycles. The van der Waals surface area contributed by atoms with E-state index in [4.69, 9.17) is 14.2 Å². The molecule has 0 bridgehead atoms. The molecule has 1 rings (SSSR count). The molecule has 0 saturated heterocycles. The minimum Gasteiger partial charge on any atom is -0.458 e. The van der Waals surface area contributed by atoms with Crippen molar-refractivity contribution in [1.29, 1.82) is 0 Å². The number of carbonyl (C=O) groups is 1. The van der Waals surface area contributed by atoms with Crippen LogP contribution in [0.3, 0.4) is 0 Å². The van der Waals surface area contributed by atoms with Crippen LogP contribution >= 0.6 is 0 Å². The highest BCUT2D eigenvalue weighted by atomic mass is 16.6. The molecule has 15 heavy (non-hydrogen) atoms. The van der Waals surface area contributed by atoms with Crippen LogP contribution in [-0.2, 0) is 19.0 Å². The second kappa shape index (κ2) is 6.80. The molecule has 0 aromatic rings. The van der Waals surface area contributed by atoms with Gasteiger partial charge in [-0.2, -0.15) is 0 Å². The molecule has 0 heterocycles.